The first-order valence-electron chi connectivity index (χ1n) is 10.7. The number of anilines is 1. The second-order valence-corrected chi connectivity index (χ2v) is 11.3. The van der Waals surface area contributed by atoms with Crippen LogP contribution in [0.25, 0.3) is 11.0 Å². The molecule has 6 nitrogen and oxygen atoms in total. The predicted octanol–water partition coefficient (Wildman–Crippen LogP) is 5.56. The van der Waals surface area contributed by atoms with E-state index in [0.717, 1.165) is 18.1 Å². The molecule has 1 aliphatic rings. The summed E-state index contributed by atoms with van der Waals surface area (Å²) in [4.78, 5) is 13.0. The third kappa shape index (κ3) is 4.94. The summed E-state index contributed by atoms with van der Waals surface area (Å²) in [5.74, 6) is -2.21. The van der Waals surface area contributed by atoms with Gasteiger partial charge in [0.1, 0.15) is 27.1 Å². The fourth-order valence-electron chi connectivity index (χ4n) is 4.46. The van der Waals surface area contributed by atoms with E-state index in [-0.39, 0.29) is 29.0 Å². The minimum absolute atomic E-state index is 0.0100. The van der Waals surface area contributed by atoms with E-state index in [1.807, 2.05) is 19.1 Å². The van der Waals surface area contributed by atoms with Crippen LogP contribution in [-0.4, -0.2) is 34.9 Å². The molecule has 1 atom stereocenters. The summed E-state index contributed by atoms with van der Waals surface area (Å²) in [6.07, 6.45) is 2.34. The number of fused-ring (bicyclic) bond motifs is 1. The number of benzene rings is 1. The molecule has 3 heterocycles. The van der Waals surface area contributed by atoms with Crippen LogP contribution >= 0.6 is 11.6 Å². The summed E-state index contributed by atoms with van der Waals surface area (Å²) in [5, 5.41) is 4.26. The summed E-state index contributed by atoms with van der Waals surface area (Å²) in [6, 6.07) is 6.43. The molecule has 1 N–H and O–H groups in total. The molecule has 1 aliphatic heterocycles. The third-order valence-electron chi connectivity index (χ3n) is 6.27. The fraction of sp³-hybridized carbons (Fsp3) is 0.435. The van der Waals surface area contributed by atoms with Crippen molar-refractivity contribution >= 4 is 38.3 Å². The van der Waals surface area contributed by atoms with Crippen molar-refractivity contribution in [3.05, 3.63) is 58.0 Å². The van der Waals surface area contributed by atoms with Gasteiger partial charge in [-0.25, -0.2) is 32.2 Å². The fourth-order valence-corrected chi connectivity index (χ4v) is 6.24. The van der Waals surface area contributed by atoms with Crippen molar-refractivity contribution in [3.63, 3.8) is 0 Å². The van der Waals surface area contributed by atoms with Gasteiger partial charge < -0.3 is 5.32 Å². The molecule has 2 aromatic heterocycles. The standard InChI is InChI=1S/C23H25ClF2N4O2S/c1-13-16(5-4-6-19(13)23(3,25)26)14(2)29-21-18-11-17(15-7-9-33(31,32)10-8-15)20(24)30-22(18)28-12-27-21/h4-6,11-12,14-15H,7-10H2,1-3H3,(H,27,28,29,30)/t14-/m1/s1. The van der Waals surface area contributed by atoms with Crippen molar-refractivity contribution in [1.29, 1.82) is 0 Å². The molecule has 0 aliphatic carbocycles. The highest BCUT2D eigenvalue weighted by Crippen LogP contribution is 2.37. The van der Waals surface area contributed by atoms with Gasteiger partial charge in [0.2, 0.25) is 0 Å². The number of pyridine rings is 1. The van der Waals surface area contributed by atoms with E-state index >= 15 is 0 Å². The molecule has 1 fully saturated rings. The second kappa shape index (κ2) is 8.76. The number of sulfone groups is 1. The van der Waals surface area contributed by atoms with Crippen molar-refractivity contribution in [1.82, 2.24) is 15.0 Å². The van der Waals surface area contributed by atoms with E-state index in [1.165, 1.54) is 12.4 Å². The Kier molecular flexibility index (Phi) is 6.30. The van der Waals surface area contributed by atoms with Crippen LogP contribution in [0.1, 0.15) is 60.9 Å². The molecule has 10 heteroatoms. The van der Waals surface area contributed by atoms with Crippen molar-refractivity contribution in [2.45, 2.75) is 51.5 Å². The highest BCUT2D eigenvalue weighted by atomic mass is 35.5. The maximum Gasteiger partial charge on any atom is 0.270 e. The van der Waals surface area contributed by atoms with E-state index in [4.69, 9.17) is 11.6 Å². The minimum atomic E-state index is -3.01. The summed E-state index contributed by atoms with van der Waals surface area (Å²) >= 11 is 6.43. The lowest BCUT2D eigenvalue weighted by atomic mass is 9.94. The molecule has 33 heavy (non-hydrogen) atoms. The molecular formula is C23H25ClF2N4O2S. The van der Waals surface area contributed by atoms with Crippen molar-refractivity contribution in [2.75, 3.05) is 16.8 Å². The number of aromatic nitrogens is 3. The molecule has 0 saturated carbocycles. The predicted molar refractivity (Wildman–Crippen MR) is 126 cm³/mol. The molecule has 1 aromatic carbocycles. The summed E-state index contributed by atoms with van der Waals surface area (Å²) in [6.45, 7) is 4.46. The molecule has 0 unspecified atom stereocenters. The van der Waals surface area contributed by atoms with Gasteiger partial charge in [-0.05, 0) is 55.4 Å². The van der Waals surface area contributed by atoms with E-state index in [9.17, 15) is 17.2 Å². The molecule has 0 amide bonds. The first-order valence-corrected chi connectivity index (χ1v) is 12.9. The van der Waals surface area contributed by atoms with E-state index in [2.05, 4.69) is 20.3 Å². The van der Waals surface area contributed by atoms with Crippen LogP contribution in [-0.2, 0) is 15.8 Å². The van der Waals surface area contributed by atoms with Gasteiger partial charge in [-0.1, -0.05) is 29.8 Å². The maximum absolute atomic E-state index is 14.0. The van der Waals surface area contributed by atoms with Gasteiger partial charge >= 0.3 is 0 Å². The van der Waals surface area contributed by atoms with Gasteiger partial charge in [0, 0.05) is 12.5 Å². The highest BCUT2D eigenvalue weighted by molar-refractivity contribution is 7.91. The number of rotatable bonds is 5. The largest absolute Gasteiger partial charge is 0.363 e. The van der Waals surface area contributed by atoms with Gasteiger partial charge in [-0.2, -0.15) is 0 Å². The van der Waals surface area contributed by atoms with Crippen molar-refractivity contribution in [2.24, 2.45) is 0 Å². The van der Waals surface area contributed by atoms with Crippen LogP contribution in [0.4, 0.5) is 14.6 Å². The number of hydrogen-bond donors (Lipinski definition) is 1. The number of nitrogens with zero attached hydrogens (tertiary/aromatic N) is 3. The van der Waals surface area contributed by atoms with Gasteiger partial charge in [-0.15, -0.1) is 0 Å². The van der Waals surface area contributed by atoms with Gasteiger partial charge in [0.25, 0.3) is 5.92 Å². The van der Waals surface area contributed by atoms with Crippen LogP contribution in [0.15, 0.2) is 30.6 Å². The minimum Gasteiger partial charge on any atom is -0.363 e. The van der Waals surface area contributed by atoms with E-state index in [1.54, 1.807) is 13.0 Å². The summed E-state index contributed by atoms with van der Waals surface area (Å²) in [7, 11) is -3.01. The first-order chi connectivity index (χ1) is 15.5. The zero-order valence-electron chi connectivity index (χ0n) is 18.6. The molecule has 0 spiro atoms. The molecule has 176 valence electrons. The summed E-state index contributed by atoms with van der Waals surface area (Å²) in [5.41, 5.74) is 2.43. The number of alkyl halides is 2. The molecular weight excluding hydrogens is 470 g/mol. The Morgan fingerprint density at radius 1 is 1.21 bits per heavy atom. The van der Waals surface area contributed by atoms with E-state index in [0.29, 0.717) is 40.4 Å². The molecule has 0 bridgehead atoms. The smallest absolute Gasteiger partial charge is 0.270 e. The van der Waals surface area contributed by atoms with Crippen LogP contribution in [0, 0.1) is 6.92 Å². The molecule has 3 aromatic rings. The van der Waals surface area contributed by atoms with Crippen molar-refractivity contribution in [3.8, 4) is 0 Å². The normalized spacial score (nSPS) is 17.8. The van der Waals surface area contributed by atoms with Crippen LogP contribution < -0.4 is 5.32 Å². The average Bonchev–Trinajstić information content (AvgIpc) is 2.73. The number of nitrogens with one attached hydrogen (secondary N) is 1. The quantitative estimate of drug-likeness (QED) is 0.467. The second-order valence-electron chi connectivity index (χ2n) is 8.66. The average molecular weight is 495 g/mol. The van der Waals surface area contributed by atoms with Crippen LogP contribution in [0.3, 0.4) is 0 Å². The SMILES string of the molecule is Cc1c([C@@H](C)Nc2ncnc3nc(Cl)c(C4CCS(=O)(=O)CC4)cc23)cccc1C(C)(F)F. The number of halogens is 3. The first kappa shape index (κ1) is 23.8. The zero-order valence-corrected chi connectivity index (χ0v) is 20.1. The monoisotopic (exact) mass is 494 g/mol. The van der Waals surface area contributed by atoms with Gasteiger partial charge in [0.05, 0.1) is 22.9 Å². The van der Waals surface area contributed by atoms with E-state index < -0.39 is 15.8 Å². The summed E-state index contributed by atoms with van der Waals surface area (Å²) < 4.78 is 51.6. The maximum atomic E-state index is 14.0. The Morgan fingerprint density at radius 3 is 2.58 bits per heavy atom. The third-order valence-corrected chi connectivity index (χ3v) is 8.29. The lowest BCUT2D eigenvalue weighted by Gasteiger charge is -2.24. The van der Waals surface area contributed by atoms with Gasteiger partial charge in [0.15, 0.2) is 5.65 Å². The molecule has 4 rings (SSSR count). The Hall–Kier alpha value is -2.39. The lowest BCUT2D eigenvalue weighted by Crippen LogP contribution is -2.22. The Balaban J connectivity index is 1.69. The Morgan fingerprint density at radius 2 is 1.91 bits per heavy atom. The highest BCUT2D eigenvalue weighted by Gasteiger charge is 2.29. The zero-order chi connectivity index (χ0) is 24.0. The Bertz CT molecular complexity index is 1300. The number of hydrogen-bond acceptors (Lipinski definition) is 6. The topological polar surface area (TPSA) is 84.8 Å². The van der Waals surface area contributed by atoms with Crippen LogP contribution in [0.2, 0.25) is 5.15 Å². The van der Waals surface area contributed by atoms with Gasteiger partial charge in [-0.3, -0.25) is 0 Å². The Labute approximate surface area is 196 Å². The van der Waals surface area contributed by atoms with Crippen molar-refractivity contribution < 1.29 is 17.2 Å². The van der Waals surface area contributed by atoms with Crippen LogP contribution in [0.5, 0.6) is 0 Å². The lowest BCUT2D eigenvalue weighted by molar-refractivity contribution is 0.0167. The molecule has 1 saturated heterocycles. The molecule has 0 radical (unpaired) electrons.